The second kappa shape index (κ2) is 7.83. The van der Waals surface area contributed by atoms with Gasteiger partial charge in [-0.05, 0) is 18.6 Å². The molecule has 106 valence electrons. The van der Waals surface area contributed by atoms with Crippen molar-refractivity contribution in [2.75, 3.05) is 25.1 Å². The third-order valence-corrected chi connectivity index (χ3v) is 2.92. The lowest BCUT2D eigenvalue weighted by molar-refractivity contribution is -0.116. The molecule has 1 aromatic rings. The van der Waals surface area contributed by atoms with Crippen molar-refractivity contribution in [1.29, 1.82) is 0 Å². The molecule has 0 aliphatic heterocycles. The van der Waals surface area contributed by atoms with Crippen LogP contribution in [0.1, 0.15) is 19.8 Å². The summed E-state index contributed by atoms with van der Waals surface area (Å²) in [4.78, 5) is 15.6. The Morgan fingerprint density at radius 3 is 2.47 bits per heavy atom. The highest BCUT2D eigenvalue weighted by molar-refractivity contribution is 5.92. The number of pyridine rings is 1. The second-order valence-electron chi connectivity index (χ2n) is 4.48. The highest BCUT2D eigenvalue weighted by Gasteiger charge is 2.27. The number of anilines is 1. The molecule has 0 aromatic carbocycles. The van der Waals surface area contributed by atoms with Crippen molar-refractivity contribution in [3.8, 4) is 0 Å². The van der Waals surface area contributed by atoms with E-state index in [1.165, 1.54) is 0 Å². The topological polar surface area (TPSA) is 94.5 Å². The van der Waals surface area contributed by atoms with E-state index in [0.29, 0.717) is 12.1 Å². The summed E-state index contributed by atoms with van der Waals surface area (Å²) in [6.07, 6.45) is 4.58. The van der Waals surface area contributed by atoms with E-state index in [9.17, 15) is 15.0 Å². The number of carbonyl (C=O) groups is 1. The zero-order valence-electron chi connectivity index (χ0n) is 11.1. The minimum absolute atomic E-state index is 0.0312. The predicted molar refractivity (Wildman–Crippen MR) is 72.7 cm³/mol. The van der Waals surface area contributed by atoms with Gasteiger partial charge in [-0.15, -0.1) is 0 Å². The fourth-order valence-electron chi connectivity index (χ4n) is 1.80. The molecule has 0 saturated carbocycles. The average Bonchev–Trinajstić information content (AvgIpc) is 2.45. The number of aromatic nitrogens is 1. The van der Waals surface area contributed by atoms with Gasteiger partial charge in [0.1, 0.15) is 0 Å². The number of nitrogens with one attached hydrogen (secondary N) is 2. The summed E-state index contributed by atoms with van der Waals surface area (Å²) in [7, 11) is 0. The maximum Gasteiger partial charge on any atom is 0.238 e. The van der Waals surface area contributed by atoms with E-state index in [4.69, 9.17) is 0 Å². The molecule has 19 heavy (non-hydrogen) atoms. The Morgan fingerprint density at radius 2 is 1.95 bits per heavy atom. The maximum atomic E-state index is 11.7. The van der Waals surface area contributed by atoms with Gasteiger partial charge in [0.15, 0.2) is 0 Å². The van der Waals surface area contributed by atoms with Crippen LogP contribution < -0.4 is 10.6 Å². The van der Waals surface area contributed by atoms with Crippen LogP contribution in [0.25, 0.3) is 0 Å². The largest absolute Gasteiger partial charge is 0.394 e. The van der Waals surface area contributed by atoms with E-state index in [2.05, 4.69) is 15.6 Å². The Kier molecular flexibility index (Phi) is 6.41. The molecule has 1 rings (SSSR count). The number of rotatable bonds is 8. The lowest BCUT2D eigenvalue weighted by Gasteiger charge is -2.30. The molecule has 0 saturated heterocycles. The van der Waals surface area contributed by atoms with E-state index in [-0.39, 0.29) is 25.7 Å². The fourth-order valence-corrected chi connectivity index (χ4v) is 1.80. The van der Waals surface area contributed by atoms with Crippen LogP contribution >= 0.6 is 0 Å². The molecule has 0 fully saturated rings. The van der Waals surface area contributed by atoms with Crippen molar-refractivity contribution in [3.63, 3.8) is 0 Å². The van der Waals surface area contributed by atoms with Gasteiger partial charge in [0.2, 0.25) is 5.91 Å². The molecule has 4 N–H and O–H groups in total. The summed E-state index contributed by atoms with van der Waals surface area (Å²) in [5.74, 6) is -0.228. The second-order valence-corrected chi connectivity index (χ2v) is 4.48. The van der Waals surface area contributed by atoms with Crippen LogP contribution in [0, 0.1) is 0 Å². The summed E-state index contributed by atoms with van der Waals surface area (Å²) < 4.78 is 0. The number of aliphatic hydroxyl groups excluding tert-OH is 2. The van der Waals surface area contributed by atoms with Gasteiger partial charge in [0.25, 0.3) is 0 Å². The van der Waals surface area contributed by atoms with Crippen LogP contribution in [0.2, 0.25) is 0 Å². The average molecular weight is 267 g/mol. The highest BCUT2D eigenvalue weighted by atomic mass is 16.3. The first kappa shape index (κ1) is 15.6. The van der Waals surface area contributed by atoms with Crippen molar-refractivity contribution < 1.29 is 15.0 Å². The minimum atomic E-state index is -0.801. The summed E-state index contributed by atoms with van der Waals surface area (Å²) in [6.45, 7) is 1.57. The van der Waals surface area contributed by atoms with Gasteiger partial charge in [-0.1, -0.05) is 13.3 Å². The number of carbonyl (C=O) groups excluding carboxylic acids is 1. The first-order valence-electron chi connectivity index (χ1n) is 6.32. The molecule has 1 aromatic heterocycles. The molecule has 1 heterocycles. The molecule has 0 unspecified atom stereocenters. The van der Waals surface area contributed by atoms with E-state index in [1.807, 2.05) is 6.92 Å². The molecule has 0 bridgehead atoms. The Bertz CT molecular complexity index is 380. The molecule has 6 heteroatoms. The molecule has 0 spiro atoms. The molecule has 1 amide bonds. The van der Waals surface area contributed by atoms with Crippen LogP contribution in [0.3, 0.4) is 0 Å². The number of hydrogen-bond acceptors (Lipinski definition) is 5. The molecule has 0 aliphatic carbocycles. The normalized spacial score (nSPS) is 11.3. The molecular formula is C13H21N3O3. The van der Waals surface area contributed by atoms with Crippen molar-refractivity contribution >= 4 is 11.6 Å². The van der Waals surface area contributed by atoms with Gasteiger partial charge < -0.3 is 15.5 Å². The minimum Gasteiger partial charge on any atom is -0.394 e. The van der Waals surface area contributed by atoms with Crippen LogP contribution in [0.4, 0.5) is 5.69 Å². The third-order valence-electron chi connectivity index (χ3n) is 2.92. The smallest absolute Gasteiger partial charge is 0.238 e. The number of nitrogens with zero attached hydrogens (tertiary/aromatic N) is 1. The lowest BCUT2D eigenvalue weighted by Crippen LogP contribution is -2.53. The maximum absolute atomic E-state index is 11.7. The predicted octanol–water partition coefficient (Wildman–Crippen LogP) is 0.133. The zero-order valence-corrected chi connectivity index (χ0v) is 11.1. The fraction of sp³-hybridized carbons (Fsp3) is 0.538. The van der Waals surface area contributed by atoms with Crippen LogP contribution in [0.15, 0.2) is 24.5 Å². The SMILES string of the molecule is CCCC(CO)(CO)NCC(=O)Nc1ccncc1. The number of hydrogen-bond donors (Lipinski definition) is 4. The van der Waals surface area contributed by atoms with Crippen molar-refractivity contribution in [2.45, 2.75) is 25.3 Å². The van der Waals surface area contributed by atoms with Gasteiger partial charge in [0.05, 0.1) is 25.3 Å². The van der Waals surface area contributed by atoms with E-state index < -0.39 is 5.54 Å². The van der Waals surface area contributed by atoms with Crippen molar-refractivity contribution in [2.24, 2.45) is 0 Å². The van der Waals surface area contributed by atoms with Crippen molar-refractivity contribution in [1.82, 2.24) is 10.3 Å². The standard InChI is InChI=1S/C13H21N3O3/c1-2-5-13(9-17,10-18)15-8-12(19)16-11-3-6-14-7-4-11/h3-4,6-7,15,17-18H,2,5,8-10H2,1H3,(H,14,16,19). The van der Waals surface area contributed by atoms with E-state index in [0.717, 1.165) is 6.42 Å². The Morgan fingerprint density at radius 1 is 1.32 bits per heavy atom. The first-order valence-corrected chi connectivity index (χ1v) is 6.32. The quantitative estimate of drug-likeness (QED) is 0.537. The molecule has 0 aliphatic rings. The molecule has 0 atom stereocenters. The molecule has 0 radical (unpaired) electrons. The van der Waals surface area contributed by atoms with Gasteiger partial charge in [-0.25, -0.2) is 0 Å². The van der Waals surface area contributed by atoms with Crippen molar-refractivity contribution in [3.05, 3.63) is 24.5 Å². The van der Waals surface area contributed by atoms with E-state index in [1.54, 1.807) is 24.5 Å². The Labute approximate surface area is 112 Å². The van der Waals surface area contributed by atoms with Gasteiger partial charge >= 0.3 is 0 Å². The first-order chi connectivity index (χ1) is 9.15. The molecule has 6 nitrogen and oxygen atoms in total. The third kappa shape index (κ3) is 4.94. The van der Waals surface area contributed by atoms with Gasteiger partial charge in [0, 0.05) is 18.1 Å². The van der Waals surface area contributed by atoms with E-state index >= 15 is 0 Å². The number of aliphatic hydroxyl groups is 2. The van der Waals surface area contributed by atoms with Gasteiger partial charge in [-0.2, -0.15) is 0 Å². The zero-order chi connectivity index (χ0) is 14.1. The monoisotopic (exact) mass is 267 g/mol. The van der Waals surface area contributed by atoms with Gasteiger partial charge in [-0.3, -0.25) is 15.1 Å². The summed E-state index contributed by atoms with van der Waals surface area (Å²) in [5.41, 5.74) is -0.138. The summed E-state index contributed by atoms with van der Waals surface area (Å²) in [5, 5.41) is 24.3. The van der Waals surface area contributed by atoms with Crippen LogP contribution in [-0.2, 0) is 4.79 Å². The summed E-state index contributed by atoms with van der Waals surface area (Å²) >= 11 is 0. The molecular weight excluding hydrogens is 246 g/mol. The lowest BCUT2D eigenvalue weighted by atomic mass is 9.95. The van der Waals surface area contributed by atoms with Crippen LogP contribution in [-0.4, -0.2) is 46.4 Å². The Hall–Kier alpha value is -1.50. The Balaban J connectivity index is 2.48. The highest BCUT2D eigenvalue weighted by Crippen LogP contribution is 2.11. The summed E-state index contributed by atoms with van der Waals surface area (Å²) in [6, 6.07) is 3.38. The van der Waals surface area contributed by atoms with Crippen LogP contribution in [0.5, 0.6) is 0 Å². The number of amides is 1.